The smallest absolute Gasteiger partial charge is 0.0774 e. The molecule has 8 aromatic rings. The van der Waals surface area contributed by atoms with Gasteiger partial charge in [0.05, 0.1) is 16.9 Å². The predicted octanol–water partition coefficient (Wildman–Crippen LogP) is 11.7. The Morgan fingerprint density at radius 3 is 2.22 bits per heavy atom. The third kappa shape index (κ3) is 7.70. The van der Waals surface area contributed by atoms with E-state index in [2.05, 4.69) is 128 Å². The van der Waals surface area contributed by atoms with E-state index in [4.69, 9.17) is 17.6 Å². The van der Waals surface area contributed by atoms with Gasteiger partial charge in [0.25, 0.3) is 0 Å². The average Bonchev–Trinajstić information content (AvgIpc) is 3.75. The molecule has 0 spiro atoms. The topological polar surface area (TPSA) is 43.9 Å². The molecule has 3 aromatic heterocycles. The molecule has 8 rings (SSSR count). The summed E-state index contributed by atoms with van der Waals surface area (Å²) in [5.41, 5.74) is 10.2. The third-order valence-corrected chi connectivity index (χ3v) is 8.18. The van der Waals surface area contributed by atoms with E-state index in [1.807, 2.05) is 12.1 Å². The van der Waals surface area contributed by atoms with Crippen LogP contribution in [0.1, 0.15) is 45.7 Å². The van der Waals surface area contributed by atoms with Crippen molar-refractivity contribution < 1.29 is 32.7 Å². The second kappa shape index (κ2) is 14.8. The van der Waals surface area contributed by atoms with Crippen LogP contribution in [-0.2, 0) is 26.5 Å². The Kier molecular flexibility index (Phi) is 8.20. The molecule has 0 aliphatic rings. The first-order chi connectivity index (χ1) is 26.1. The summed E-state index contributed by atoms with van der Waals surface area (Å²) in [7, 11) is 0. The molecular weight excluding hydrogens is 791 g/mol. The van der Waals surface area contributed by atoms with E-state index >= 15 is 0 Å². The number of aryl methyl sites for hydroxylation is 2. The molecule has 5 aromatic carbocycles. The van der Waals surface area contributed by atoms with Gasteiger partial charge >= 0.3 is 0 Å². The van der Waals surface area contributed by atoms with Gasteiger partial charge in [-0.3, -0.25) is 4.98 Å². The van der Waals surface area contributed by atoms with E-state index in [0.29, 0.717) is 11.3 Å². The number of benzene rings is 5. The number of imidazole rings is 1. The van der Waals surface area contributed by atoms with Crippen molar-refractivity contribution in [3.63, 3.8) is 0 Å². The summed E-state index contributed by atoms with van der Waals surface area (Å²) < 4.78 is 51.7. The van der Waals surface area contributed by atoms with Crippen LogP contribution in [0.25, 0.3) is 61.5 Å². The Balaban J connectivity index is 0.000000217. The minimum Gasteiger partial charge on any atom is -0.557 e. The molecule has 0 N–H and O–H groups in total. The van der Waals surface area contributed by atoms with Gasteiger partial charge in [-0.2, -0.15) is 0 Å². The van der Waals surface area contributed by atoms with Gasteiger partial charge in [0, 0.05) is 52.1 Å². The molecule has 4 nitrogen and oxygen atoms in total. The van der Waals surface area contributed by atoms with Crippen molar-refractivity contribution in [2.24, 2.45) is 5.41 Å². The first-order valence-corrected chi connectivity index (χ1v) is 16.2. The minimum absolute atomic E-state index is 0. The molecule has 5 heteroatoms. The number of para-hydroxylation sites is 2. The summed E-state index contributed by atoms with van der Waals surface area (Å²) >= 11 is 0. The molecule has 0 atom stereocenters. The van der Waals surface area contributed by atoms with Gasteiger partial charge in [-0.15, -0.1) is 35.4 Å². The summed E-state index contributed by atoms with van der Waals surface area (Å²) in [5.74, 6) is 0.838. The summed E-state index contributed by atoms with van der Waals surface area (Å²) in [4.78, 5) is 9.11. The van der Waals surface area contributed by atoms with Crippen molar-refractivity contribution >= 4 is 22.0 Å². The van der Waals surface area contributed by atoms with E-state index in [9.17, 15) is 0 Å². The van der Waals surface area contributed by atoms with Crippen molar-refractivity contribution in [2.45, 2.75) is 40.9 Å². The minimum atomic E-state index is -2.18. The fourth-order valence-corrected chi connectivity index (χ4v) is 5.94. The number of fused-ring (bicyclic) bond motifs is 2. The summed E-state index contributed by atoms with van der Waals surface area (Å²) in [6.07, 6.45) is 5.46. The van der Waals surface area contributed by atoms with Gasteiger partial charge in [0.1, 0.15) is 0 Å². The van der Waals surface area contributed by atoms with Crippen molar-refractivity contribution in [2.75, 3.05) is 0 Å². The Morgan fingerprint density at radius 2 is 1.52 bits per heavy atom. The predicted molar refractivity (Wildman–Crippen MR) is 202 cm³/mol. The van der Waals surface area contributed by atoms with Crippen LogP contribution in [-0.4, -0.2) is 14.5 Å². The Labute approximate surface area is 316 Å². The largest absolute Gasteiger partial charge is 0.557 e. The van der Waals surface area contributed by atoms with Crippen molar-refractivity contribution in [3.8, 4) is 39.5 Å². The molecule has 0 aliphatic heterocycles. The number of nitrogens with zero attached hydrogens (tertiary/aromatic N) is 3. The van der Waals surface area contributed by atoms with Crippen LogP contribution in [0.5, 0.6) is 0 Å². The van der Waals surface area contributed by atoms with E-state index in [1.54, 1.807) is 12.1 Å². The van der Waals surface area contributed by atoms with Crippen LogP contribution in [0, 0.1) is 31.4 Å². The van der Waals surface area contributed by atoms with Crippen LogP contribution >= 0.6 is 0 Å². The SMILES string of the molecule is CC(C)(C)Cc1ccc2o[c-]c(-c3nc4ccccc4n3-c3ccc(-c4ccccc4)cc3)c2c1.[2H]C([2H])([2H])c1c[c-]c(-c2ccc(C([2H])([2H])[2H])cn2)cc1.[Ir]. The number of pyridine rings is 1. The van der Waals surface area contributed by atoms with Crippen LogP contribution in [0.2, 0.25) is 0 Å². The molecule has 0 unspecified atom stereocenters. The maximum Gasteiger partial charge on any atom is 0.0774 e. The standard InChI is InChI=1S/C32H27N2O.C13H12N.Ir/c1-32(2,3)20-22-13-18-30-26(19-22)27(21-35-30)31-33-28-11-7-8-12-29(28)34(31)25-16-14-24(15-17-25)23-9-5-4-6-10-23;1-10-3-6-12(7-4-10)13-8-5-11(2)9-14-13;/h4-19H,20H2,1-3H3;3-6,8-9H,1-2H3;/q2*-1;/i;1D3,2D3;. The zero-order valence-corrected chi connectivity index (χ0v) is 30.4. The Hall–Kier alpha value is -5.09. The van der Waals surface area contributed by atoms with Crippen molar-refractivity contribution in [3.05, 3.63) is 163 Å². The van der Waals surface area contributed by atoms with Gasteiger partial charge in [-0.05, 0) is 65.3 Å². The number of rotatable bonds is 5. The fraction of sp³-hybridized carbons (Fsp3) is 0.156. The maximum atomic E-state index is 7.28. The van der Waals surface area contributed by atoms with E-state index in [-0.39, 0.29) is 36.6 Å². The Morgan fingerprint density at radius 1 is 0.780 bits per heavy atom. The van der Waals surface area contributed by atoms with E-state index in [0.717, 1.165) is 45.5 Å². The number of hydrogen-bond donors (Lipinski definition) is 0. The Bertz CT molecular complexity index is 2500. The van der Waals surface area contributed by atoms with E-state index in [1.165, 1.54) is 41.1 Å². The first-order valence-electron chi connectivity index (χ1n) is 19.2. The molecule has 1 radical (unpaired) electrons. The molecule has 0 bridgehead atoms. The zero-order valence-electron chi connectivity index (χ0n) is 34.0. The molecule has 0 saturated heterocycles. The van der Waals surface area contributed by atoms with E-state index < -0.39 is 13.7 Å². The summed E-state index contributed by atoms with van der Waals surface area (Å²) in [5, 5.41) is 1.05. The van der Waals surface area contributed by atoms with Crippen LogP contribution in [0.15, 0.2) is 138 Å². The van der Waals surface area contributed by atoms with Gasteiger partial charge < -0.3 is 14.0 Å². The fourth-order valence-electron chi connectivity index (χ4n) is 5.94. The van der Waals surface area contributed by atoms with Gasteiger partial charge in [0.15, 0.2) is 0 Å². The zero-order chi connectivity index (χ0) is 39.0. The van der Waals surface area contributed by atoms with Gasteiger partial charge in [-0.1, -0.05) is 129 Å². The molecule has 0 saturated carbocycles. The van der Waals surface area contributed by atoms with Gasteiger partial charge in [-0.25, -0.2) is 0 Å². The average molecular weight is 836 g/mol. The molecule has 0 amide bonds. The number of hydrogen-bond acceptors (Lipinski definition) is 3. The first kappa shape index (κ1) is 27.7. The molecule has 251 valence electrons. The molecule has 0 fully saturated rings. The molecule has 50 heavy (non-hydrogen) atoms. The maximum absolute atomic E-state index is 7.28. The number of aromatic nitrogens is 3. The monoisotopic (exact) mass is 836 g/mol. The van der Waals surface area contributed by atoms with Crippen LogP contribution in [0.4, 0.5) is 0 Å². The van der Waals surface area contributed by atoms with Crippen molar-refractivity contribution in [1.82, 2.24) is 14.5 Å². The molecule has 3 heterocycles. The van der Waals surface area contributed by atoms with Crippen LogP contribution in [0.3, 0.4) is 0 Å². The second-order valence-electron chi connectivity index (χ2n) is 13.2. The molecular formula is C45H39IrN3O-2. The third-order valence-electron chi connectivity index (χ3n) is 8.18. The van der Waals surface area contributed by atoms with Crippen LogP contribution < -0.4 is 0 Å². The normalized spacial score (nSPS) is 13.5. The second-order valence-corrected chi connectivity index (χ2v) is 13.2. The molecule has 0 aliphatic carbocycles. The number of furan rings is 1. The van der Waals surface area contributed by atoms with Crippen molar-refractivity contribution in [1.29, 1.82) is 0 Å². The summed E-state index contributed by atoms with van der Waals surface area (Å²) in [6.45, 7) is 2.45. The summed E-state index contributed by atoms with van der Waals surface area (Å²) in [6, 6.07) is 44.2. The van der Waals surface area contributed by atoms with Gasteiger partial charge in [0.2, 0.25) is 0 Å². The quantitative estimate of drug-likeness (QED) is 0.162.